The van der Waals surface area contributed by atoms with Crippen molar-refractivity contribution in [1.82, 2.24) is 0 Å². The third kappa shape index (κ3) is 5.93. The summed E-state index contributed by atoms with van der Waals surface area (Å²) in [6.45, 7) is 0. The van der Waals surface area contributed by atoms with Gasteiger partial charge in [0.05, 0.1) is 4.92 Å². The van der Waals surface area contributed by atoms with Crippen molar-refractivity contribution in [3.63, 3.8) is 0 Å². The molecule has 7 nitrogen and oxygen atoms in total. The minimum atomic E-state index is -3.78. The van der Waals surface area contributed by atoms with Crippen molar-refractivity contribution >= 4 is 19.0 Å². The van der Waals surface area contributed by atoms with Gasteiger partial charge in [-0.15, -0.1) is 0 Å². The molecule has 0 saturated heterocycles. The fourth-order valence-electron chi connectivity index (χ4n) is 4.14. The van der Waals surface area contributed by atoms with Gasteiger partial charge in [0.1, 0.15) is 11.5 Å². The topological polar surface area (TPSA) is 90.7 Å². The van der Waals surface area contributed by atoms with Gasteiger partial charge in [0.2, 0.25) is 0 Å². The van der Waals surface area contributed by atoms with Crippen LogP contribution < -0.4 is 14.4 Å². The molecule has 0 unspecified atom stereocenters. The number of para-hydroxylation sites is 2. The molecule has 1 atom stereocenters. The van der Waals surface area contributed by atoms with E-state index >= 15 is 0 Å². The maximum Gasteiger partial charge on any atom is 0.453 e. The molecule has 1 aliphatic rings. The first-order chi connectivity index (χ1) is 16.0. The fourth-order valence-corrected chi connectivity index (χ4v) is 6.36. The van der Waals surface area contributed by atoms with Gasteiger partial charge in [-0.2, -0.15) is 0 Å². The number of nitrogens with one attached hydrogen (secondary N) is 1. The van der Waals surface area contributed by atoms with Gasteiger partial charge in [-0.25, -0.2) is 4.57 Å². The molecule has 4 rings (SSSR count). The highest BCUT2D eigenvalue weighted by atomic mass is 31.2. The van der Waals surface area contributed by atoms with E-state index in [1.165, 1.54) is 12.1 Å². The molecule has 0 radical (unpaired) electrons. The number of nitro groups is 1. The highest BCUT2D eigenvalue weighted by molar-refractivity contribution is 7.55. The van der Waals surface area contributed by atoms with Crippen LogP contribution in [0.3, 0.4) is 0 Å². The van der Waals surface area contributed by atoms with Crippen molar-refractivity contribution in [3.05, 3.63) is 95.0 Å². The zero-order chi connectivity index (χ0) is 23.1. The third-order valence-corrected chi connectivity index (χ3v) is 7.94. The number of hydrogen-bond donors (Lipinski definition) is 1. The van der Waals surface area contributed by atoms with Gasteiger partial charge in [0.25, 0.3) is 5.69 Å². The van der Waals surface area contributed by atoms with Crippen molar-refractivity contribution < 1.29 is 18.5 Å². The van der Waals surface area contributed by atoms with Crippen LogP contribution in [0.15, 0.2) is 84.9 Å². The molecule has 0 aliphatic heterocycles. The average molecular weight is 466 g/mol. The maximum atomic E-state index is 14.5. The zero-order valence-corrected chi connectivity index (χ0v) is 19.1. The van der Waals surface area contributed by atoms with E-state index in [-0.39, 0.29) is 11.6 Å². The quantitative estimate of drug-likeness (QED) is 0.203. The summed E-state index contributed by atoms with van der Waals surface area (Å²) in [5.74, 6) is 0.359. The van der Waals surface area contributed by atoms with Gasteiger partial charge in [-0.1, -0.05) is 55.7 Å². The highest BCUT2D eigenvalue weighted by Crippen LogP contribution is 2.57. The minimum Gasteiger partial charge on any atom is -0.415 e. The normalized spacial score (nSPS) is 15.4. The summed E-state index contributed by atoms with van der Waals surface area (Å²) >= 11 is 0. The Morgan fingerprint density at radius 2 is 1.33 bits per heavy atom. The van der Waals surface area contributed by atoms with Crippen molar-refractivity contribution in [3.8, 4) is 11.5 Å². The molecule has 1 aliphatic carbocycles. The number of benzene rings is 3. The first-order valence-electron chi connectivity index (χ1n) is 11.1. The smallest absolute Gasteiger partial charge is 0.415 e. The standard InChI is InChI=1S/C25H27N2O5P/c28-27(29)22-18-16-21(17-19-22)26-25(20-10-4-1-5-11-20)33(30,31-23-12-6-2-7-13-23)32-24-14-8-3-9-15-24/h2-3,6-9,12-20,25-26H,1,4-5,10-11H2/t25-/m0/s1. The largest absolute Gasteiger partial charge is 0.453 e. The summed E-state index contributed by atoms with van der Waals surface area (Å²) in [7, 11) is -3.78. The average Bonchev–Trinajstić information content (AvgIpc) is 2.84. The van der Waals surface area contributed by atoms with Gasteiger partial charge in [-0.05, 0) is 55.2 Å². The van der Waals surface area contributed by atoms with Crippen molar-refractivity contribution in [1.29, 1.82) is 0 Å². The number of non-ortho nitro benzene ring substituents is 1. The van der Waals surface area contributed by atoms with E-state index in [4.69, 9.17) is 9.05 Å². The molecule has 0 heterocycles. The third-order valence-electron chi connectivity index (χ3n) is 5.78. The van der Waals surface area contributed by atoms with Crippen LogP contribution in [0.25, 0.3) is 0 Å². The maximum absolute atomic E-state index is 14.5. The van der Waals surface area contributed by atoms with Gasteiger partial charge in [0.15, 0.2) is 5.78 Å². The molecule has 1 fully saturated rings. The molecule has 0 amide bonds. The van der Waals surface area contributed by atoms with E-state index in [0.29, 0.717) is 17.2 Å². The van der Waals surface area contributed by atoms with Crippen LogP contribution in [0.2, 0.25) is 0 Å². The SMILES string of the molecule is O=[N+]([O-])c1ccc(N[C@H](C2CCCCC2)P(=O)(Oc2ccccc2)Oc2ccccc2)cc1. The van der Waals surface area contributed by atoms with E-state index in [2.05, 4.69) is 5.32 Å². The molecule has 8 heteroatoms. The lowest BCUT2D eigenvalue weighted by atomic mass is 9.89. The lowest BCUT2D eigenvalue weighted by molar-refractivity contribution is -0.384. The first kappa shape index (κ1) is 22.9. The summed E-state index contributed by atoms with van der Waals surface area (Å²) in [4.78, 5) is 10.6. The minimum absolute atomic E-state index is 0.000907. The molecule has 1 saturated carbocycles. The molecule has 172 valence electrons. The summed E-state index contributed by atoms with van der Waals surface area (Å²) in [5.41, 5.74) is 0.628. The second-order valence-corrected chi connectivity index (χ2v) is 10.1. The highest BCUT2D eigenvalue weighted by Gasteiger charge is 2.45. The summed E-state index contributed by atoms with van der Waals surface area (Å²) in [6, 6.07) is 24.2. The second kappa shape index (κ2) is 10.5. The Bertz CT molecular complexity index is 1040. The van der Waals surface area contributed by atoms with E-state index in [0.717, 1.165) is 32.1 Å². The molecule has 1 N–H and O–H groups in total. The van der Waals surface area contributed by atoms with E-state index in [1.54, 1.807) is 36.4 Å². The van der Waals surface area contributed by atoms with E-state index in [1.807, 2.05) is 36.4 Å². The van der Waals surface area contributed by atoms with E-state index < -0.39 is 18.3 Å². The molecule has 0 bridgehead atoms. The van der Waals surface area contributed by atoms with Crippen LogP contribution in [0.4, 0.5) is 11.4 Å². The molecule has 3 aromatic rings. The fraction of sp³-hybridized carbons (Fsp3) is 0.280. The van der Waals surface area contributed by atoms with Gasteiger partial charge in [0, 0.05) is 17.8 Å². The van der Waals surface area contributed by atoms with Crippen LogP contribution in [0.5, 0.6) is 11.5 Å². The van der Waals surface area contributed by atoms with Crippen molar-refractivity contribution in [2.45, 2.75) is 37.9 Å². The Morgan fingerprint density at radius 3 is 1.82 bits per heavy atom. The summed E-state index contributed by atoms with van der Waals surface area (Å²) in [6.07, 6.45) is 5.01. The number of anilines is 1. The Hall–Kier alpha value is -3.31. The molecular formula is C25H27N2O5P. The Kier molecular flexibility index (Phi) is 7.30. The monoisotopic (exact) mass is 466 g/mol. The zero-order valence-electron chi connectivity index (χ0n) is 18.2. The summed E-state index contributed by atoms with van der Waals surface area (Å²) in [5, 5.41) is 14.4. The number of nitrogens with zero attached hydrogens (tertiary/aromatic N) is 1. The lowest BCUT2D eigenvalue weighted by Gasteiger charge is -2.35. The van der Waals surface area contributed by atoms with Crippen LogP contribution in [0, 0.1) is 16.0 Å². The number of rotatable bonds is 9. The summed E-state index contributed by atoms with van der Waals surface area (Å²) < 4.78 is 26.8. The number of hydrogen-bond acceptors (Lipinski definition) is 6. The predicted octanol–water partition coefficient (Wildman–Crippen LogP) is 7.26. The van der Waals surface area contributed by atoms with Gasteiger partial charge < -0.3 is 14.4 Å². The van der Waals surface area contributed by atoms with Crippen LogP contribution in [-0.4, -0.2) is 10.7 Å². The Balaban J connectivity index is 1.71. The molecular weight excluding hydrogens is 439 g/mol. The lowest BCUT2D eigenvalue weighted by Crippen LogP contribution is -2.34. The first-order valence-corrected chi connectivity index (χ1v) is 12.7. The van der Waals surface area contributed by atoms with Crippen LogP contribution in [-0.2, 0) is 4.57 Å². The Morgan fingerprint density at radius 1 is 0.818 bits per heavy atom. The molecule has 0 aromatic heterocycles. The molecule has 3 aromatic carbocycles. The number of nitro benzene ring substituents is 1. The van der Waals surface area contributed by atoms with Gasteiger partial charge in [-0.3, -0.25) is 10.1 Å². The Labute approximate surface area is 193 Å². The van der Waals surface area contributed by atoms with Crippen molar-refractivity contribution in [2.24, 2.45) is 5.92 Å². The molecule has 0 spiro atoms. The van der Waals surface area contributed by atoms with E-state index in [9.17, 15) is 14.7 Å². The second-order valence-electron chi connectivity index (χ2n) is 8.14. The van der Waals surface area contributed by atoms with Crippen molar-refractivity contribution in [2.75, 3.05) is 5.32 Å². The van der Waals surface area contributed by atoms with Crippen LogP contribution in [0.1, 0.15) is 32.1 Å². The van der Waals surface area contributed by atoms with Gasteiger partial charge >= 0.3 is 7.60 Å². The molecule has 33 heavy (non-hydrogen) atoms. The predicted molar refractivity (Wildman–Crippen MR) is 129 cm³/mol. The van der Waals surface area contributed by atoms with Crippen LogP contribution >= 0.6 is 7.60 Å².